The van der Waals surface area contributed by atoms with Crippen molar-refractivity contribution < 1.29 is 27.9 Å². The summed E-state index contributed by atoms with van der Waals surface area (Å²) in [5.74, 6) is -2.31. The Balaban J connectivity index is 1.60. The van der Waals surface area contributed by atoms with Crippen LogP contribution in [0.5, 0.6) is 0 Å². The minimum Gasteiger partial charge on any atom is -0.480 e. The zero-order valence-electron chi connectivity index (χ0n) is 18.3. The predicted molar refractivity (Wildman–Crippen MR) is 124 cm³/mol. The van der Waals surface area contributed by atoms with Crippen LogP contribution in [0.1, 0.15) is 38.8 Å². The molecule has 2 amide bonds. The Morgan fingerprint density at radius 1 is 1.24 bits per heavy atom. The molecule has 0 bridgehead atoms. The number of thiophene rings is 1. The van der Waals surface area contributed by atoms with Crippen LogP contribution in [0, 0.1) is 6.92 Å². The van der Waals surface area contributed by atoms with Gasteiger partial charge in [-0.15, -0.1) is 11.3 Å². The zero-order chi connectivity index (χ0) is 25.0. The van der Waals surface area contributed by atoms with E-state index in [1.807, 2.05) is 0 Å². The van der Waals surface area contributed by atoms with Gasteiger partial charge < -0.3 is 20.4 Å². The molecule has 3 aromatic rings. The second-order valence-electron chi connectivity index (χ2n) is 7.66. The maximum atomic E-state index is 12.5. The molecule has 0 aliphatic heterocycles. The molecule has 1 atom stereocenters. The third kappa shape index (κ3) is 6.51. The minimum absolute atomic E-state index is 0.227. The van der Waals surface area contributed by atoms with Crippen molar-refractivity contribution in [2.45, 2.75) is 38.6 Å². The van der Waals surface area contributed by atoms with Crippen molar-refractivity contribution in [1.29, 1.82) is 0 Å². The molecule has 182 valence electrons. The third-order valence-corrected chi connectivity index (χ3v) is 6.57. The van der Waals surface area contributed by atoms with E-state index < -0.39 is 40.3 Å². The van der Waals surface area contributed by atoms with E-state index in [0.29, 0.717) is 29.7 Å². The van der Waals surface area contributed by atoms with Crippen molar-refractivity contribution in [2.75, 3.05) is 6.26 Å². The molecule has 0 fully saturated rings. The van der Waals surface area contributed by atoms with E-state index >= 15 is 0 Å². The molecule has 34 heavy (non-hydrogen) atoms. The summed E-state index contributed by atoms with van der Waals surface area (Å²) < 4.78 is 23.9. The molecule has 0 saturated heterocycles. The molecular weight excluding hydrogens is 486 g/mol. The van der Waals surface area contributed by atoms with Crippen molar-refractivity contribution in [3.05, 3.63) is 49.8 Å². The lowest BCUT2D eigenvalue weighted by Gasteiger charge is -2.13. The number of hydrogen-bond acceptors (Lipinski definition) is 8. The van der Waals surface area contributed by atoms with Gasteiger partial charge in [0.1, 0.15) is 17.5 Å². The summed E-state index contributed by atoms with van der Waals surface area (Å²) in [5, 5.41) is 12.2. The molecule has 3 aromatic heterocycles. The first kappa shape index (κ1) is 25.1. The molecule has 0 aromatic carbocycles. The van der Waals surface area contributed by atoms with Crippen molar-refractivity contribution in [3.8, 4) is 0 Å². The molecule has 0 spiro atoms. The number of carbonyl (C=O) groups excluding carboxylic acids is 2. The Kier molecular flexibility index (Phi) is 7.51. The minimum atomic E-state index is -3.75. The molecular formula is C20H23N5O7S2. The summed E-state index contributed by atoms with van der Waals surface area (Å²) in [6.45, 7) is 1.69. The van der Waals surface area contributed by atoms with E-state index in [4.69, 9.17) is 0 Å². The number of hydrogen-bond donors (Lipinski definition) is 5. The lowest BCUT2D eigenvalue weighted by atomic mass is 10.1. The quantitative estimate of drug-likeness (QED) is 0.260. The first-order valence-electron chi connectivity index (χ1n) is 10.1. The monoisotopic (exact) mass is 509 g/mol. The Labute approximate surface area is 197 Å². The highest BCUT2D eigenvalue weighted by Crippen LogP contribution is 2.21. The van der Waals surface area contributed by atoms with Gasteiger partial charge >= 0.3 is 5.97 Å². The summed E-state index contributed by atoms with van der Waals surface area (Å²) in [6, 6.07) is 1.95. The van der Waals surface area contributed by atoms with Crippen molar-refractivity contribution in [2.24, 2.45) is 0 Å². The summed E-state index contributed by atoms with van der Waals surface area (Å²) in [6.07, 6.45) is 2.95. The maximum Gasteiger partial charge on any atom is 0.326 e. The van der Waals surface area contributed by atoms with E-state index in [2.05, 4.69) is 20.3 Å². The number of carbonyl (C=O) groups is 3. The first-order valence-corrected chi connectivity index (χ1v) is 12.8. The molecule has 0 saturated carbocycles. The summed E-state index contributed by atoms with van der Waals surface area (Å²) in [4.78, 5) is 58.9. The van der Waals surface area contributed by atoms with Gasteiger partial charge in [0.2, 0.25) is 15.9 Å². The molecule has 14 heteroatoms. The van der Waals surface area contributed by atoms with E-state index in [1.54, 1.807) is 30.0 Å². The fourth-order valence-electron chi connectivity index (χ4n) is 3.33. The SMILES string of the molecule is Cc1nc2[nH]cc(CCc3ccc(C(=O)N[C@@H](CCC(=O)NS(C)(=O)=O)C(=O)O)s3)c2c(=O)[nH]1. The molecule has 3 heterocycles. The number of nitrogens with one attached hydrogen (secondary N) is 4. The second-order valence-corrected chi connectivity index (χ2v) is 10.6. The highest BCUT2D eigenvalue weighted by Gasteiger charge is 2.23. The average molecular weight is 510 g/mol. The Morgan fingerprint density at radius 2 is 1.97 bits per heavy atom. The van der Waals surface area contributed by atoms with Crippen molar-refractivity contribution in [3.63, 3.8) is 0 Å². The number of H-pyrrole nitrogens is 2. The van der Waals surface area contributed by atoms with Crippen LogP contribution in [-0.4, -0.2) is 58.6 Å². The van der Waals surface area contributed by atoms with Crippen LogP contribution in [-0.2, 0) is 32.5 Å². The standard InChI is InChI=1S/C20H23N5O7S2/c1-10-22-17-16(19(28)23-10)11(9-21-17)3-4-12-5-7-14(33-12)18(27)24-13(20(29)30)6-8-15(26)25-34(2,31)32/h5,7,9,13H,3-4,6,8H2,1-2H3,(H,24,27)(H,25,26)(H,29,30)(H2,21,22,23,28)/t13-/m0/s1. The van der Waals surface area contributed by atoms with Crippen LogP contribution < -0.4 is 15.6 Å². The van der Waals surface area contributed by atoms with Gasteiger partial charge in [-0.1, -0.05) is 0 Å². The third-order valence-electron chi connectivity index (χ3n) is 4.83. The Hall–Kier alpha value is -3.52. The molecule has 12 nitrogen and oxygen atoms in total. The normalized spacial score (nSPS) is 12.4. The summed E-state index contributed by atoms with van der Waals surface area (Å²) >= 11 is 1.19. The summed E-state index contributed by atoms with van der Waals surface area (Å²) in [7, 11) is -3.75. The van der Waals surface area contributed by atoms with E-state index in [0.717, 1.165) is 16.7 Å². The Bertz CT molecular complexity index is 1400. The van der Waals surface area contributed by atoms with E-state index in [-0.39, 0.29) is 16.9 Å². The zero-order valence-corrected chi connectivity index (χ0v) is 19.9. The number of fused-ring (bicyclic) bond motifs is 1. The smallest absolute Gasteiger partial charge is 0.326 e. The van der Waals surface area contributed by atoms with Crippen LogP contribution >= 0.6 is 11.3 Å². The van der Waals surface area contributed by atoms with Crippen molar-refractivity contribution in [1.82, 2.24) is 25.0 Å². The Morgan fingerprint density at radius 3 is 2.65 bits per heavy atom. The number of amides is 2. The van der Waals surface area contributed by atoms with E-state index in [9.17, 15) is 32.7 Å². The van der Waals surface area contributed by atoms with Gasteiger partial charge in [0.05, 0.1) is 16.5 Å². The average Bonchev–Trinajstić information content (AvgIpc) is 3.34. The number of aryl methyl sites for hydroxylation is 3. The van der Waals surface area contributed by atoms with Gasteiger partial charge in [0.15, 0.2) is 0 Å². The van der Waals surface area contributed by atoms with Crippen LogP contribution in [0.3, 0.4) is 0 Å². The number of aromatic amines is 2. The number of aliphatic carboxylic acids is 1. The van der Waals surface area contributed by atoms with Crippen LogP contribution in [0.25, 0.3) is 11.0 Å². The van der Waals surface area contributed by atoms with Crippen LogP contribution in [0.2, 0.25) is 0 Å². The van der Waals surface area contributed by atoms with Gasteiger partial charge in [0.25, 0.3) is 11.5 Å². The fraction of sp³-hybridized carbons (Fsp3) is 0.350. The molecule has 0 aliphatic carbocycles. The molecule has 0 unspecified atom stereocenters. The number of rotatable bonds is 10. The van der Waals surface area contributed by atoms with Crippen molar-refractivity contribution >= 4 is 50.2 Å². The maximum absolute atomic E-state index is 12.5. The van der Waals surface area contributed by atoms with Gasteiger partial charge in [0, 0.05) is 17.5 Å². The lowest BCUT2D eigenvalue weighted by Crippen LogP contribution is -2.41. The summed E-state index contributed by atoms with van der Waals surface area (Å²) in [5.41, 5.74) is 1.07. The number of sulfonamides is 1. The van der Waals surface area contributed by atoms with Gasteiger partial charge in [-0.05, 0) is 43.9 Å². The fourth-order valence-corrected chi connectivity index (χ4v) is 4.75. The number of aromatic nitrogens is 3. The van der Waals surface area contributed by atoms with Crippen LogP contribution in [0.4, 0.5) is 0 Å². The topological polar surface area (TPSA) is 191 Å². The molecule has 3 rings (SSSR count). The number of carboxylic acids is 1. The van der Waals surface area contributed by atoms with E-state index in [1.165, 1.54) is 11.3 Å². The molecule has 5 N–H and O–H groups in total. The highest BCUT2D eigenvalue weighted by atomic mass is 32.2. The predicted octanol–water partition coefficient (Wildman–Crippen LogP) is 0.445. The first-order chi connectivity index (χ1) is 15.9. The molecule has 0 aliphatic rings. The van der Waals surface area contributed by atoms with Gasteiger partial charge in [-0.3, -0.25) is 19.1 Å². The van der Waals surface area contributed by atoms with Gasteiger partial charge in [-0.25, -0.2) is 18.2 Å². The number of nitrogens with zero attached hydrogens (tertiary/aromatic N) is 1. The van der Waals surface area contributed by atoms with Gasteiger partial charge in [-0.2, -0.15) is 0 Å². The second kappa shape index (κ2) is 10.2. The molecule has 0 radical (unpaired) electrons. The highest BCUT2D eigenvalue weighted by molar-refractivity contribution is 7.89. The largest absolute Gasteiger partial charge is 0.480 e. The lowest BCUT2D eigenvalue weighted by molar-refractivity contribution is -0.139. The van der Waals surface area contributed by atoms with Crippen LogP contribution in [0.15, 0.2) is 23.1 Å². The number of carboxylic acid groups (broad SMARTS) is 1.